The van der Waals surface area contributed by atoms with Gasteiger partial charge in [-0.2, -0.15) is 0 Å². The van der Waals surface area contributed by atoms with Crippen LogP contribution < -0.4 is 0 Å². The maximum absolute atomic E-state index is 12.5. The zero-order chi connectivity index (χ0) is 20.6. The molecular formula is C24H20ClNO3. The molecule has 0 saturated heterocycles. The molecule has 1 atom stereocenters. The Bertz CT molecular complexity index is 1050. The predicted molar refractivity (Wildman–Crippen MR) is 113 cm³/mol. The van der Waals surface area contributed by atoms with E-state index in [1.165, 1.54) is 4.90 Å². The van der Waals surface area contributed by atoms with Crippen molar-refractivity contribution in [2.45, 2.75) is 18.9 Å². The Labute approximate surface area is 174 Å². The molecule has 0 fully saturated rings. The number of hydrogen-bond acceptors (Lipinski definition) is 3. The van der Waals surface area contributed by atoms with Gasteiger partial charge in [0.2, 0.25) is 0 Å². The Hall–Kier alpha value is -2.95. The van der Waals surface area contributed by atoms with Crippen molar-refractivity contribution >= 4 is 23.4 Å². The highest BCUT2D eigenvalue weighted by Crippen LogP contribution is 2.32. The van der Waals surface area contributed by atoms with Crippen LogP contribution in [0.5, 0.6) is 0 Å². The smallest absolute Gasteiger partial charge is 0.261 e. The first-order chi connectivity index (χ1) is 13.9. The van der Waals surface area contributed by atoms with Gasteiger partial charge in [-0.3, -0.25) is 14.5 Å². The van der Waals surface area contributed by atoms with Crippen molar-refractivity contribution in [1.29, 1.82) is 0 Å². The van der Waals surface area contributed by atoms with E-state index in [9.17, 15) is 14.7 Å². The Morgan fingerprint density at radius 3 is 1.90 bits per heavy atom. The summed E-state index contributed by atoms with van der Waals surface area (Å²) in [5.74, 6) is -0.620. The van der Waals surface area contributed by atoms with Gasteiger partial charge in [0.1, 0.15) is 0 Å². The van der Waals surface area contributed by atoms with Gasteiger partial charge in [-0.15, -0.1) is 0 Å². The van der Waals surface area contributed by atoms with Gasteiger partial charge >= 0.3 is 0 Å². The summed E-state index contributed by atoms with van der Waals surface area (Å²) in [7, 11) is 0. The van der Waals surface area contributed by atoms with E-state index in [2.05, 4.69) is 0 Å². The second-order valence-corrected chi connectivity index (χ2v) is 7.80. The zero-order valence-electron chi connectivity index (χ0n) is 15.9. The van der Waals surface area contributed by atoms with E-state index in [1.807, 2.05) is 48.5 Å². The van der Waals surface area contributed by atoms with Gasteiger partial charge in [0.05, 0.1) is 16.7 Å². The number of carbonyl (C=O) groups is 2. The number of carbonyl (C=O) groups excluding carboxylic acids is 2. The lowest BCUT2D eigenvalue weighted by molar-refractivity contribution is 0.0339. The average Bonchev–Trinajstić information content (AvgIpc) is 2.97. The second-order valence-electron chi connectivity index (χ2n) is 7.39. The number of benzene rings is 3. The van der Waals surface area contributed by atoms with E-state index >= 15 is 0 Å². The molecule has 0 aliphatic carbocycles. The fourth-order valence-corrected chi connectivity index (χ4v) is 3.87. The van der Waals surface area contributed by atoms with Gasteiger partial charge in [-0.1, -0.05) is 66.2 Å². The summed E-state index contributed by atoms with van der Waals surface area (Å²) in [5.41, 5.74) is 2.24. The third-order valence-electron chi connectivity index (χ3n) is 5.39. The molecule has 0 radical (unpaired) electrons. The molecule has 0 saturated carbocycles. The first-order valence-corrected chi connectivity index (χ1v) is 9.79. The summed E-state index contributed by atoms with van der Waals surface area (Å²) in [6.45, 7) is 1.83. The van der Waals surface area contributed by atoms with Crippen LogP contribution in [0.3, 0.4) is 0 Å². The van der Waals surface area contributed by atoms with Crippen molar-refractivity contribution in [3.8, 4) is 11.1 Å². The summed E-state index contributed by atoms with van der Waals surface area (Å²) >= 11 is 6.26. The van der Waals surface area contributed by atoms with E-state index in [-0.39, 0.29) is 24.8 Å². The molecule has 2 amide bonds. The van der Waals surface area contributed by atoms with Crippen LogP contribution in [-0.4, -0.2) is 28.4 Å². The van der Waals surface area contributed by atoms with Crippen LogP contribution in [0.15, 0.2) is 72.8 Å². The summed E-state index contributed by atoms with van der Waals surface area (Å²) in [5, 5.41) is 11.6. The van der Waals surface area contributed by atoms with E-state index in [4.69, 9.17) is 11.6 Å². The molecule has 1 aliphatic rings. The largest absolute Gasteiger partial charge is 0.385 e. The molecule has 1 aliphatic heterocycles. The number of halogens is 1. The van der Waals surface area contributed by atoms with Crippen LogP contribution in [0.1, 0.15) is 39.6 Å². The molecule has 1 unspecified atom stereocenters. The van der Waals surface area contributed by atoms with E-state index in [0.29, 0.717) is 21.7 Å². The van der Waals surface area contributed by atoms with Gasteiger partial charge in [0.25, 0.3) is 11.8 Å². The molecule has 1 heterocycles. The normalized spacial score (nSPS) is 15.3. The molecule has 5 heteroatoms. The molecule has 4 rings (SSSR count). The SMILES string of the molecule is CC(O)(CCN1C(=O)c2ccccc2C1=O)c1ccc(-c2ccccc2Cl)cc1. The van der Waals surface area contributed by atoms with Crippen LogP contribution in [0.25, 0.3) is 11.1 Å². The third kappa shape index (κ3) is 3.57. The van der Waals surface area contributed by atoms with Crippen molar-refractivity contribution in [1.82, 2.24) is 4.90 Å². The minimum atomic E-state index is -1.19. The summed E-state index contributed by atoms with van der Waals surface area (Å²) in [6.07, 6.45) is 0.240. The van der Waals surface area contributed by atoms with Crippen LogP contribution in [0, 0.1) is 0 Å². The summed E-state index contributed by atoms with van der Waals surface area (Å²) < 4.78 is 0. The van der Waals surface area contributed by atoms with E-state index < -0.39 is 5.60 Å². The lowest BCUT2D eigenvalue weighted by Crippen LogP contribution is -2.35. The number of rotatable bonds is 5. The molecule has 0 aromatic heterocycles. The second kappa shape index (κ2) is 7.47. The van der Waals surface area contributed by atoms with Crippen molar-refractivity contribution in [3.63, 3.8) is 0 Å². The average molecular weight is 406 g/mol. The maximum atomic E-state index is 12.5. The van der Waals surface area contributed by atoms with Crippen molar-refractivity contribution in [2.75, 3.05) is 6.54 Å². The summed E-state index contributed by atoms with van der Waals surface area (Å²) in [4.78, 5) is 26.2. The van der Waals surface area contributed by atoms with E-state index in [0.717, 1.165) is 11.1 Å². The molecule has 1 N–H and O–H groups in total. The number of aliphatic hydroxyl groups is 1. The first kappa shape index (κ1) is 19.4. The van der Waals surface area contributed by atoms with Crippen molar-refractivity contribution < 1.29 is 14.7 Å². The molecule has 3 aromatic rings. The molecular weight excluding hydrogens is 386 g/mol. The molecule has 0 bridgehead atoms. The van der Waals surface area contributed by atoms with Crippen LogP contribution in [0.4, 0.5) is 0 Å². The fourth-order valence-electron chi connectivity index (χ4n) is 3.62. The lowest BCUT2D eigenvalue weighted by atomic mass is 9.91. The molecule has 3 aromatic carbocycles. The lowest BCUT2D eigenvalue weighted by Gasteiger charge is -2.26. The first-order valence-electron chi connectivity index (χ1n) is 9.41. The number of amides is 2. The van der Waals surface area contributed by atoms with Gasteiger partial charge in [0, 0.05) is 17.1 Å². The Kier molecular flexibility index (Phi) is 4.99. The topological polar surface area (TPSA) is 57.6 Å². The maximum Gasteiger partial charge on any atom is 0.261 e. The fraction of sp³-hybridized carbons (Fsp3) is 0.167. The highest BCUT2D eigenvalue weighted by atomic mass is 35.5. The van der Waals surface area contributed by atoms with Gasteiger partial charge in [-0.25, -0.2) is 0 Å². The number of imide groups is 1. The van der Waals surface area contributed by atoms with Crippen molar-refractivity contribution in [2.24, 2.45) is 0 Å². The third-order valence-corrected chi connectivity index (χ3v) is 5.72. The van der Waals surface area contributed by atoms with Gasteiger partial charge in [0.15, 0.2) is 0 Å². The van der Waals surface area contributed by atoms with Gasteiger partial charge in [-0.05, 0) is 42.7 Å². The van der Waals surface area contributed by atoms with E-state index in [1.54, 1.807) is 31.2 Å². The highest BCUT2D eigenvalue weighted by Gasteiger charge is 2.36. The minimum Gasteiger partial charge on any atom is -0.385 e. The highest BCUT2D eigenvalue weighted by molar-refractivity contribution is 6.33. The van der Waals surface area contributed by atoms with Crippen LogP contribution >= 0.6 is 11.6 Å². The van der Waals surface area contributed by atoms with Gasteiger partial charge < -0.3 is 5.11 Å². The number of fused-ring (bicyclic) bond motifs is 1. The predicted octanol–water partition coefficient (Wildman–Crippen LogP) is 4.90. The Balaban J connectivity index is 1.49. The Morgan fingerprint density at radius 2 is 1.34 bits per heavy atom. The monoisotopic (exact) mass is 405 g/mol. The number of nitrogens with zero attached hydrogens (tertiary/aromatic N) is 1. The zero-order valence-corrected chi connectivity index (χ0v) is 16.7. The quantitative estimate of drug-likeness (QED) is 0.614. The summed E-state index contributed by atoms with van der Waals surface area (Å²) in [6, 6.07) is 21.9. The molecule has 4 nitrogen and oxygen atoms in total. The molecule has 146 valence electrons. The minimum absolute atomic E-state index is 0.144. The van der Waals surface area contributed by atoms with Crippen LogP contribution in [-0.2, 0) is 5.60 Å². The van der Waals surface area contributed by atoms with Crippen LogP contribution in [0.2, 0.25) is 5.02 Å². The molecule has 29 heavy (non-hydrogen) atoms. The standard InChI is InChI=1S/C24H20ClNO3/c1-24(29,14-15-26-22(27)19-7-2-3-8-20(19)23(26)28)17-12-10-16(11-13-17)18-6-4-5-9-21(18)25/h2-13,29H,14-15H2,1H3. The van der Waals surface area contributed by atoms with Crippen molar-refractivity contribution in [3.05, 3.63) is 94.5 Å². The number of hydrogen-bond donors (Lipinski definition) is 1. The Morgan fingerprint density at radius 1 is 0.828 bits per heavy atom. The molecule has 0 spiro atoms.